The van der Waals surface area contributed by atoms with E-state index in [2.05, 4.69) is 28.5 Å². The molecule has 4 rings (SSSR count). The second kappa shape index (κ2) is 5.96. The normalized spacial score (nSPS) is 20.2. The van der Waals surface area contributed by atoms with Gasteiger partial charge >= 0.3 is 0 Å². The average molecular weight is 339 g/mol. The van der Waals surface area contributed by atoms with Crippen LogP contribution in [0, 0.1) is 0 Å². The van der Waals surface area contributed by atoms with E-state index in [0.717, 1.165) is 28.3 Å². The third-order valence-corrected chi connectivity index (χ3v) is 4.96. The number of dihydropyridines is 1. The molecule has 1 aromatic carbocycles. The Bertz CT molecular complexity index is 875. The number of rotatable bonds is 2. The fourth-order valence-electron chi connectivity index (χ4n) is 3.43. The summed E-state index contributed by atoms with van der Waals surface area (Å²) >= 11 is 6.28. The zero-order valence-corrected chi connectivity index (χ0v) is 14.2. The van der Waals surface area contributed by atoms with Crippen LogP contribution in [0.15, 0.2) is 60.7 Å². The van der Waals surface area contributed by atoms with E-state index in [1.807, 2.05) is 42.2 Å². The summed E-state index contributed by atoms with van der Waals surface area (Å²) in [5, 5.41) is 4.16. The van der Waals surface area contributed by atoms with E-state index in [-0.39, 0.29) is 12.1 Å². The number of benzene rings is 1. The largest absolute Gasteiger partial charge is 0.384 e. The Balaban J connectivity index is 1.89. The molecule has 0 radical (unpaired) electrons. The molecule has 122 valence electrons. The Hall–Kier alpha value is -2.30. The van der Waals surface area contributed by atoms with Gasteiger partial charge in [-0.1, -0.05) is 29.8 Å². The summed E-state index contributed by atoms with van der Waals surface area (Å²) in [7, 11) is 1.96. The summed E-state index contributed by atoms with van der Waals surface area (Å²) < 4.78 is 1.96. The highest BCUT2D eigenvalue weighted by Crippen LogP contribution is 2.37. The van der Waals surface area contributed by atoms with Crippen LogP contribution in [0.3, 0.4) is 0 Å². The molecule has 0 fully saturated rings. The van der Waals surface area contributed by atoms with Crippen LogP contribution in [0.5, 0.6) is 0 Å². The zero-order chi connectivity index (χ0) is 16.7. The van der Waals surface area contributed by atoms with Gasteiger partial charge in [0.2, 0.25) is 0 Å². The molecule has 0 amide bonds. The summed E-state index contributed by atoms with van der Waals surface area (Å²) in [4.78, 5) is 4.21. The van der Waals surface area contributed by atoms with Gasteiger partial charge in [-0.05, 0) is 53.1 Å². The summed E-state index contributed by atoms with van der Waals surface area (Å²) in [6, 6.07) is 6.06. The van der Waals surface area contributed by atoms with Gasteiger partial charge in [-0.2, -0.15) is 0 Å². The minimum Gasteiger partial charge on any atom is -0.384 e. The second-order valence-corrected chi connectivity index (χ2v) is 6.69. The van der Waals surface area contributed by atoms with Gasteiger partial charge in [0.15, 0.2) is 0 Å². The molecule has 2 heterocycles. The fourth-order valence-corrected chi connectivity index (χ4v) is 3.60. The number of nitrogens with one attached hydrogen (secondary N) is 1. The SMILES string of the molecule is Cn1cncc1C(N)C1=CC2=CC=CNC2Cc2ccc(Cl)cc21. The molecular formula is C19H19ClN4. The van der Waals surface area contributed by atoms with Crippen molar-refractivity contribution >= 4 is 17.2 Å². The molecule has 0 saturated carbocycles. The van der Waals surface area contributed by atoms with Gasteiger partial charge in [-0.15, -0.1) is 0 Å². The van der Waals surface area contributed by atoms with Crippen LogP contribution in [0.2, 0.25) is 5.02 Å². The minimum atomic E-state index is -0.264. The van der Waals surface area contributed by atoms with E-state index in [1.165, 1.54) is 11.1 Å². The number of halogens is 1. The molecule has 1 aromatic heterocycles. The predicted octanol–water partition coefficient (Wildman–Crippen LogP) is 3.12. The molecule has 2 atom stereocenters. The van der Waals surface area contributed by atoms with Gasteiger partial charge in [-0.3, -0.25) is 0 Å². The number of imidazole rings is 1. The topological polar surface area (TPSA) is 55.9 Å². The summed E-state index contributed by atoms with van der Waals surface area (Å²) in [6.07, 6.45) is 12.9. The van der Waals surface area contributed by atoms with Gasteiger partial charge in [0.1, 0.15) is 0 Å². The second-order valence-electron chi connectivity index (χ2n) is 6.26. The Morgan fingerprint density at radius 3 is 3.08 bits per heavy atom. The summed E-state index contributed by atoms with van der Waals surface area (Å²) in [5.74, 6) is 0. The number of allylic oxidation sites excluding steroid dienone is 2. The molecule has 4 nitrogen and oxygen atoms in total. The van der Waals surface area contributed by atoms with Crippen LogP contribution in [-0.2, 0) is 13.5 Å². The molecule has 3 N–H and O–H groups in total. The zero-order valence-electron chi connectivity index (χ0n) is 13.4. The lowest BCUT2D eigenvalue weighted by Crippen LogP contribution is -2.29. The average Bonchev–Trinajstić information content (AvgIpc) is 2.93. The number of nitrogens with two attached hydrogens (primary N) is 1. The molecule has 2 aromatic rings. The fraction of sp³-hybridized carbons (Fsp3) is 0.211. The molecule has 0 saturated heterocycles. The number of hydrogen-bond donors (Lipinski definition) is 2. The first-order valence-corrected chi connectivity index (χ1v) is 8.36. The van der Waals surface area contributed by atoms with E-state index in [9.17, 15) is 0 Å². The Labute approximate surface area is 146 Å². The lowest BCUT2D eigenvalue weighted by molar-refractivity contribution is 0.668. The first-order chi connectivity index (χ1) is 11.6. The van der Waals surface area contributed by atoms with Crippen molar-refractivity contribution in [3.05, 3.63) is 82.6 Å². The first kappa shape index (κ1) is 15.2. The van der Waals surface area contributed by atoms with Crippen LogP contribution < -0.4 is 11.1 Å². The molecule has 0 bridgehead atoms. The van der Waals surface area contributed by atoms with Crippen LogP contribution in [0.4, 0.5) is 0 Å². The third-order valence-electron chi connectivity index (χ3n) is 4.72. The van der Waals surface area contributed by atoms with Crippen molar-refractivity contribution in [2.75, 3.05) is 0 Å². The van der Waals surface area contributed by atoms with Crippen molar-refractivity contribution in [3.63, 3.8) is 0 Å². The summed E-state index contributed by atoms with van der Waals surface area (Å²) in [5.41, 5.74) is 12.3. The van der Waals surface area contributed by atoms with Crippen molar-refractivity contribution in [1.82, 2.24) is 14.9 Å². The molecular weight excluding hydrogens is 320 g/mol. The molecule has 1 aliphatic carbocycles. The maximum Gasteiger partial charge on any atom is 0.0946 e. The molecule has 2 aliphatic rings. The van der Waals surface area contributed by atoms with E-state index in [1.54, 1.807) is 6.33 Å². The standard InChI is InChI=1S/C19H19ClN4/c1-24-11-22-10-18(24)19(21)16-7-13-3-2-6-23-17(13)8-12-4-5-14(20)9-15(12)16/h2-7,9-11,17,19,23H,8,21H2,1H3. The van der Waals surface area contributed by atoms with Crippen LogP contribution in [0.1, 0.15) is 22.9 Å². The van der Waals surface area contributed by atoms with Crippen LogP contribution in [0.25, 0.3) is 5.57 Å². The molecule has 5 heteroatoms. The van der Waals surface area contributed by atoms with Crippen LogP contribution >= 0.6 is 11.6 Å². The van der Waals surface area contributed by atoms with Crippen molar-refractivity contribution in [2.24, 2.45) is 12.8 Å². The highest BCUT2D eigenvalue weighted by atomic mass is 35.5. The maximum absolute atomic E-state index is 6.63. The highest BCUT2D eigenvalue weighted by molar-refractivity contribution is 6.30. The lowest BCUT2D eigenvalue weighted by Gasteiger charge is -2.20. The number of aryl methyl sites for hydroxylation is 1. The monoisotopic (exact) mass is 338 g/mol. The van der Waals surface area contributed by atoms with Gasteiger partial charge in [-0.25, -0.2) is 4.98 Å². The molecule has 1 aliphatic heterocycles. The van der Waals surface area contributed by atoms with Gasteiger partial charge in [0, 0.05) is 12.1 Å². The maximum atomic E-state index is 6.63. The van der Waals surface area contributed by atoms with Gasteiger partial charge in [0.25, 0.3) is 0 Å². The lowest BCUT2D eigenvalue weighted by atomic mass is 9.93. The van der Waals surface area contributed by atoms with Crippen molar-refractivity contribution in [3.8, 4) is 0 Å². The molecule has 0 spiro atoms. The van der Waals surface area contributed by atoms with E-state index >= 15 is 0 Å². The van der Waals surface area contributed by atoms with Crippen molar-refractivity contribution < 1.29 is 0 Å². The Morgan fingerprint density at radius 2 is 2.29 bits per heavy atom. The third kappa shape index (κ3) is 2.58. The molecule has 2 unspecified atom stereocenters. The Morgan fingerprint density at radius 1 is 1.42 bits per heavy atom. The van der Waals surface area contributed by atoms with E-state index in [4.69, 9.17) is 17.3 Å². The number of nitrogens with zero attached hydrogens (tertiary/aromatic N) is 2. The van der Waals surface area contributed by atoms with E-state index in [0.29, 0.717) is 0 Å². The quantitative estimate of drug-likeness (QED) is 0.884. The van der Waals surface area contributed by atoms with Gasteiger partial charge < -0.3 is 15.6 Å². The number of aromatic nitrogens is 2. The first-order valence-electron chi connectivity index (χ1n) is 7.98. The smallest absolute Gasteiger partial charge is 0.0946 e. The Kier molecular flexibility index (Phi) is 3.79. The van der Waals surface area contributed by atoms with Crippen molar-refractivity contribution in [2.45, 2.75) is 18.5 Å². The van der Waals surface area contributed by atoms with E-state index < -0.39 is 0 Å². The minimum absolute atomic E-state index is 0.256. The van der Waals surface area contributed by atoms with Gasteiger partial charge in [0.05, 0.1) is 30.3 Å². The predicted molar refractivity (Wildman–Crippen MR) is 97.4 cm³/mol. The number of hydrogen-bond acceptors (Lipinski definition) is 3. The van der Waals surface area contributed by atoms with Crippen LogP contribution in [-0.4, -0.2) is 15.6 Å². The van der Waals surface area contributed by atoms with Crippen molar-refractivity contribution in [1.29, 1.82) is 0 Å². The summed E-state index contributed by atoms with van der Waals surface area (Å²) in [6.45, 7) is 0. The molecule has 24 heavy (non-hydrogen) atoms. The number of fused-ring (bicyclic) bond motifs is 2. The highest BCUT2D eigenvalue weighted by Gasteiger charge is 2.26.